The lowest BCUT2D eigenvalue weighted by atomic mass is 10.2. The molecule has 0 aliphatic rings. The number of benzene rings is 1. The van der Waals surface area contributed by atoms with Crippen molar-refractivity contribution < 1.29 is 17.9 Å². The minimum Gasteiger partial charge on any atom is -0.447 e. The van der Waals surface area contributed by atoms with Crippen LogP contribution in [-0.4, -0.2) is 27.0 Å². The summed E-state index contributed by atoms with van der Waals surface area (Å²) in [6.45, 7) is 4.96. The number of nitriles is 1. The lowest BCUT2D eigenvalue weighted by molar-refractivity contribution is -0.145. The lowest BCUT2D eigenvalue weighted by Gasteiger charge is -2.10. The number of hydrogen-bond acceptors (Lipinski definition) is 5. The Balaban J connectivity index is 2.62. The fourth-order valence-corrected chi connectivity index (χ4v) is 3.00. The molecule has 0 aliphatic heterocycles. The van der Waals surface area contributed by atoms with Crippen LogP contribution in [0.5, 0.6) is 0 Å². The van der Waals surface area contributed by atoms with Crippen LogP contribution in [0.4, 0.5) is 0 Å². The van der Waals surface area contributed by atoms with Crippen LogP contribution in [0.15, 0.2) is 23.1 Å². The maximum atomic E-state index is 12.1. The van der Waals surface area contributed by atoms with Crippen molar-refractivity contribution in [3.63, 3.8) is 0 Å². The molecule has 0 saturated carbocycles. The summed E-state index contributed by atoms with van der Waals surface area (Å²) in [5.74, 6) is -0.618. The standard InChI is InChI=1S/C14H18N2O4S/c1-10-4-5-13(11(2)8-10)21(18,19)16-7-6-14(17)20-12(3)9-15/h4-5,8,12,16H,6-7H2,1-3H3/t12-/m1/s1. The fourth-order valence-electron chi connectivity index (χ4n) is 1.75. The highest BCUT2D eigenvalue weighted by Crippen LogP contribution is 2.16. The van der Waals surface area contributed by atoms with Crippen LogP contribution in [0, 0.1) is 25.2 Å². The van der Waals surface area contributed by atoms with Gasteiger partial charge in [0.05, 0.1) is 11.3 Å². The Hall–Kier alpha value is -1.91. The summed E-state index contributed by atoms with van der Waals surface area (Å²) in [6, 6.07) is 6.78. The van der Waals surface area contributed by atoms with Crippen molar-refractivity contribution in [2.24, 2.45) is 0 Å². The van der Waals surface area contributed by atoms with Crippen LogP contribution in [0.2, 0.25) is 0 Å². The van der Waals surface area contributed by atoms with Crippen LogP contribution in [-0.2, 0) is 19.6 Å². The second kappa shape index (κ2) is 7.20. The van der Waals surface area contributed by atoms with Crippen molar-refractivity contribution in [2.75, 3.05) is 6.54 Å². The van der Waals surface area contributed by atoms with Gasteiger partial charge in [0.15, 0.2) is 6.10 Å². The van der Waals surface area contributed by atoms with Crippen molar-refractivity contribution in [3.05, 3.63) is 29.3 Å². The van der Waals surface area contributed by atoms with Gasteiger partial charge in [-0.25, -0.2) is 13.1 Å². The van der Waals surface area contributed by atoms with Gasteiger partial charge >= 0.3 is 5.97 Å². The van der Waals surface area contributed by atoms with Crippen molar-refractivity contribution in [1.29, 1.82) is 5.26 Å². The molecule has 0 unspecified atom stereocenters. The molecule has 0 spiro atoms. The van der Waals surface area contributed by atoms with E-state index in [0.29, 0.717) is 5.56 Å². The highest BCUT2D eigenvalue weighted by atomic mass is 32.2. The summed E-state index contributed by atoms with van der Waals surface area (Å²) < 4.78 is 31.3. The quantitative estimate of drug-likeness (QED) is 0.802. The van der Waals surface area contributed by atoms with E-state index in [4.69, 9.17) is 10.00 Å². The Bertz CT molecular complexity index is 662. The van der Waals surface area contributed by atoms with Gasteiger partial charge in [-0.3, -0.25) is 4.79 Å². The average Bonchev–Trinajstić information content (AvgIpc) is 2.37. The van der Waals surface area contributed by atoms with E-state index in [1.54, 1.807) is 25.1 Å². The molecular formula is C14H18N2O4S. The number of carbonyl (C=O) groups excluding carboxylic acids is 1. The van der Waals surface area contributed by atoms with Gasteiger partial charge < -0.3 is 4.74 Å². The SMILES string of the molecule is Cc1ccc(S(=O)(=O)NCCC(=O)O[C@H](C)C#N)c(C)c1. The Morgan fingerprint density at radius 3 is 2.67 bits per heavy atom. The molecule has 0 amide bonds. The Morgan fingerprint density at radius 1 is 1.43 bits per heavy atom. The largest absolute Gasteiger partial charge is 0.447 e. The average molecular weight is 310 g/mol. The molecule has 1 aromatic carbocycles. The van der Waals surface area contributed by atoms with E-state index in [1.165, 1.54) is 13.0 Å². The molecule has 6 nitrogen and oxygen atoms in total. The number of ether oxygens (including phenoxy) is 1. The maximum Gasteiger partial charge on any atom is 0.308 e. The van der Waals surface area contributed by atoms with Crippen molar-refractivity contribution in [3.8, 4) is 6.07 Å². The molecule has 0 bridgehead atoms. The van der Waals surface area contributed by atoms with E-state index in [1.807, 2.05) is 6.92 Å². The first-order chi connectivity index (χ1) is 9.76. The minimum atomic E-state index is -3.66. The molecule has 0 fully saturated rings. The molecule has 114 valence electrons. The van der Waals surface area contributed by atoms with E-state index >= 15 is 0 Å². The zero-order valence-electron chi connectivity index (χ0n) is 12.2. The molecule has 1 rings (SSSR count). The van der Waals surface area contributed by atoms with E-state index in [2.05, 4.69) is 4.72 Å². The third kappa shape index (κ3) is 5.17. The summed E-state index contributed by atoms with van der Waals surface area (Å²) in [7, 11) is -3.66. The van der Waals surface area contributed by atoms with Gasteiger partial charge in [-0.1, -0.05) is 17.7 Å². The summed E-state index contributed by atoms with van der Waals surface area (Å²) in [5, 5.41) is 8.50. The molecule has 1 N–H and O–H groups in total. The van der Waals surface area contributed by atoms with Crippen molar-refractivity contribution in [1.82, 2.24) is 4.72 Å². The van der Waals surface area contributed by atoms with E-state index in [-0.39, 0.29) is 17.9 Å². The monoisotopic (exact) mass is 310 g/mol. The predicted octanol–water partition coefficient (Wildman–Crippen LogP) is 1.43. The number of aryl methyl sites for hydroxylation is 2. The molecule has 0 aliphatic carbocycles. The smallest absolute Gasteiger partial charge is 0.308 e. The van der Waals surface area contributed by atoms with Gasteiger partial charge in [0.1, 0.15) is 6.07 Å². The van der Waals surface area contributed by atoms with Gasteiger partial charge in [0.2, 0.25) is 10.0 Å². The Kier molecular flexibility index (Phi) is 5.88. The van der Waals surface area contributed by atoms with E-state index in [0.717, 1.165) is 5.56 Å². The minimum absolute atomic E-state index is 0.0768. The number of carbonyl (C=O) groups is 1. The lowest BCUT2D eigenvalue weighted by Crippen LogP contribution is -2.28. The van der Waals surface area contributed by atoms with Crippen LogP contribution < -0.4 is 4.72 Å². The highest BCUT2D eigenvalue weighted by Gasteiger charge is 2.17. The number of nitrogens with one attached hydrogen (secondary N) is 1. The van der Waals surface area contributed by atoms with Gasteiger partial charge in [0, 0.05) is 6.54 Å². The zero-order valence-corrected chi connectivity index (χ0v) is 13.0. The normalized spacial score (nSPS) is 12.5. The fraction of sp³-hybridized carbons (Fsp3) is 0.429. The molecule has 0 aromatic heterocycles. The van der Waals surface area contributed by atoms with Gasteiger partial charge in [-0.05, 0) is 32.4 Å². The Labute approximate surface area is 124 Å². The van der Waals surface area contributed by atoms with Crippen molar-refractivity contribution in [2.45, 2.75) is 38.2 Å². The molecule has 0 saturated heterocycles. The third-order valence-corrected chi connectivity index (χ3v) is 4.35. The summed E-state index contributed by atoms with van der Waals surface area (Å²) in [5.41, 5.74) is 1.61. The van der Waals surface area contributed by atoms with Crippen LogP contribution >= 0.6 is 0 Å². The zero-order chi connectivity index (χ0) is 16.0. The second-order valence-electron chi connectivity index (χ2n) is 4.68. The molecule has 1 aromatic rings. The van der Waals surface area contributed by atoms with Gasteiger partial charge in [0.25, 0.3) is 0 Å². The molecule has 0 radical (unpaired) electrons. The van der Waals surface area contributed by atoms with Crippen molar-refractivity contribution >= 4 is 16.0 Å². The second-order valence-corrected chi connectivity index (χ2v) is 6.41. The van der Waals surface area contributed by atoms with Gasteiger partial charge in [-0.15, -0.1) is 0 Å². The topological polar surface area (TPSA) is 96.3 Å². The van der Waals surface area contributed by atoms with Crippen LogP contribution in [0.1, 0.15) is 24.5 Å². The molecule has 7 heteroatoms. The van der Waals surface area contributed by atoms with Crippen LogP contribution in [0.25, 0.3) is 0 Å². The number of esters is 1. The van der Waals surface area contributed by atoms with Crippen LogP contribution in [0.3, 0.4) is 0 Å². The number of nitrogens with zero attached hydrogens (tertiary/aromatic N) is 1. The number of rotatable bonds is 6. The molecule has 21 heavy (non-hydrogen) atoms. The summed E-state index contributed by atoms with van der Waals surface area (Å²) in [6.07, 6.45) is -0.968. The highest BCUT2D eigenvalue weighted by molar-refractivity contribution is 7.89. The molecule has 1 atom stereocenters. The maximum absolute atomic E-state index is 12.1. The predicted molar refractivity (Wildman–Crippen MR) is 76.9 cm³/mol. The first kappa shape index (κ1) is 17.1. The summed E-state index contributed by atoms with van der Waals surface area (Å²) >= 11 is 0. The molecular weight excluding hydrogens is 292 g/mol. The van der Waals surface area contributed by atoms with Gasteiger partial charge in [-0.2, -0.15) is 5.26 Å². The summed E-state index contributed by atoms with van der Waals surface area (Å²) in [4.78, 5) is 11.5. The molecule has 0 heterocycles. The number of sulfonamides is 1. The first-order valence-corrected chi connectivity index (χ1v) is 7.90. The Morgan fingerprint density at radius 2 is 2.10 bits per heavy atom. The first-order valence-electron chi connectivity index (χ1n) is 6.42. The van der Waals surface area contributed by atoms with E-state index < -0.39 is 22.1 Å². The third-order valence-electron chi connectivity index (χ3n) is 2.73. The van der Waals surface area contributed by atoms with E-state index in [9.17, 15) is 13.2 Å². The number of hydrogen-bond donors (Lipinski definition) is 1.